The van der Waals surface area contributed by atoms with Gasteiger partial charge in [-0.2, -0.15) is 16.9 Å². The van der Waals surface area contributed by atoms with Gasteiger partial charge in [-0.1, -0.05) is 0 Å². The van der Waals surface area contributed by atoms with Crippen LogP contribution >= 0.6 is 35.7 Å². The number of guanidine groups is 1. The largest absolute Gasteiger partial charge is 0.355 e. The predicted octanol–water partition coefficient (Wildman–Crippen LogP) is 0.957. The van der Waals surface area contributed by atoms with Crippen molar-refractivity contribution in [3.8, 4) is 0 Å². The van der Waals surface area contributed by atoms with Gasteiger partial charge in [0.2, 0.25) is 0 Å². The maximum atomic E-state index is 4.21. The van der Waals surface area contributed by atoms with E-state index in [0.29, 0.717) is 0 Å². The lowest BCUT2D eigenvalue weighted by atomic mass is 10.2. The lowest BCUT2D eigenvalue weighted by molar-refractivity contribution is 0.595. The van der Waals surface area contributed by atoms with E-state index in [-0.39, 0.29) is 24.0 Å². The van der Waals surface area contributed by atoms with Crippen LogP contribution in [-0.4, -0.2) is 51.9 Å². The summed E-state index contributed by atoms with van der Waals surface area (Å²) in [5.41, 5.74) is 0. The van der Waals surface area contributed by atoms with Crippen molar-refractivity contribution in [3.63, 3.8) is 0 Å². The Morgan fingerprint density at radius 1 is 1.53 bits per heavy atom. The number of nitrogens with one attached hydrogen (secondary N) is 2. The molecule has 6 nitrogen and oxygen atoms in total. The summed E-state index contributed by atoms with van der Waals surface area (Å²) in [7, 11) is 1.80. The molecule has 1 unspecified atom stereocenters. The molecule has 1 aliphatic heterocycles. The highest BCUT2D eigenvalue weighted by Crippen LogP contribution is 2.25. The minimum atomic E-state index is 0. The molecule has 0 radical (unpaired) electrons. The van der Waals surface area contributed by atoms with Crippen molar-refractivity contribution in [1.82, 2.24) is 25.4 Å². The molecule has 1 fully saturated rings. The molecule has 108 valence electrons. The van der Waals surface area contributed by atoms with Crippen LogP contribution in [0.5, 0.6) is 0 Å². The summed E-state index contributed by atoms with van der Waals surface area (Å²) < 4.78 is 1.80. The first-order chi connectivity index (χ1) is 8.88. The molecular weight excluding hydrogens is 375 g/mol. The second-order valence-electron chi connectivity index (χ2n) is 4.17. The zero-order valence-electron chi connectivity index (χ0n) is 11.1. The fourth-order valence-corrected chi connectivity index (χ4v) is 3.07. The van der Waals surface area contributed by atoms with Gasteiger partial charge in [0.05, 0.1) is 6.54 Å². The Morgan fingerprint density at radius 2 is 2.42 bits per heavy atom. The summed E-state index contributed by atoms with van der Waals surface area (Å²) in [4.78, 5) is 8.11. The van der Waals surface area contributed by atoms with E-state index in [9.17, 15) is 0 Å². The summed E-state index contributed by atoms with van der Waals surface area (Å²) >= 11 is 2.05. The van der Waals surface area contributed by atoms with Crippen molar-refractivity contribution < 1.29 is 0 Å². The van der Waals surface area contributed by atoms with Gasteiger partial charge in [-0.15, -0.1) is 24.0 Å². The average Bonchev–Trinajstić information content (AvgIpc) is 3.06. The summed E-state index contributed by atoms with van der Waals surface area (Å²) in [5, 5.41) is 11.4. The van der Waals surface area contributed by atoms with Gasteiger partial charge in [-0.05, 0) is 18.6 Å². The van der Waals surface area contributed by atoms with Crippen molar-refractivity contribution >= 4 is 41.7 Å². The molecule has 1 aliphatic rings. The molecule has 0 spiro atoms. The Kier molecular flexibility index (Phi) is 8.19. The van der Waals surface area contributed by atoms with Crippen LogP contribution < -0.4 is 10.6 Å². The molecule has 2 rings (SSSR count). The first kappa shape index (κ1) is 16.5. The molecule has 1 atom stereocenters. The van der Waals surface area contributed by atoms with E-state index in [1.807, 2.05) is 11.8 Å². The fourth-order valence-electron chi connectivity index (χ4n) is 1.87. The number of rotatable bonds is 5. The third kappa shape index (κ3) is 5.98. The van der Waals surface area contributed by atoms with Crippen molar-refractivity contribution in [2.24, 2.45) is 4.99 Å². The molecule has 0 saturated carbocycles. The van der Waals surface area contributed by atoms with Crippen molar-refractivity contribution in [1.29, 1.82) is 0 Å². The molecule has 19 heavy (non-hydrogen) atoms. The normalized spacial score (nSPS) is 19.0. The van der Waals surface area contributed by atoms with E-state index in [4.69, 9.17) is 0 Å². The van der Waals surface area contributed by atoms with Crippen LogP contribution in [0.1, 0.15) is 12.8 Å². The predicted molar refractivity (Wildman–Crippen MR) is 90.3 cm³/mol. The molecule has 0 bridgehead atoms. The standard InChI is InChI=1S/C11H20N6S.HI/c1-12-11(15-7-10-3-2-6-18-10)14-4-5-17-9-13-8-16-17;/h8-10H,2-7H2,1H3,(H2,12,14,15);1H. The van der Waals surface area contributed by atoms with Gasteiger partial charge in [0, 0.05) is 25.4 Å². The minimum absolute atomic E-state index is 0. The fraction of sp³-hybridized carbons (Fsp3) is 0.727. The van der Waals surface area contributed by atoms with E-state index < -0.39 is 0 Å². The summed E-state index contributed by atoms with van der Waals surface area (Å²) in [6.45, 7) is 2.58. The Balaban J connectivity index is 0.00000180. The number of aliphatic imine (C=N–C) groups is 1. The Bertz CT molecular complexity index is 363. The lowest BCUT2D eigenvalue weighted by Crippen LogP contribution is -2.41. The number of hydrogen-bond acceptors (Lipinski definition) is 4. The van der Waals surface area contributed by atoms with Gasteiger partial charge in [0.1, 0.15) is 12.7 Å². The van der Waals surface area contributed by atoms with E-state index in [1.54, 1.807) is 24.4 Å². The van der Waals surface area contributed by atoms with Crippen LogP contribution in [0, 0.1) is 0 Å². The molecule has 1 aromatic heterocycles. The molecule has 2 N–H and O–H groups in total. The van der Waals surface area contributed by atoms with E-state index in [2.05, 4.69) is 25.7 Å². The van der Waals surface area contributed by atoms with Crippen LogP contribution in [0.25, 0.3) is 0 Å². The summed E-state index contributed by atoms with van der Waals surface area (Å²) in [6.07, 6.45) is 5.92. The Labute approximate surface area is 135 Å². The second kappa shape index (κ2) is 9.40. The molecule has 0 aliphatic carbocycles. The molecular formula is C11H21IN6S. The van der Waals surface area contributed by atoms with Crippen molar-refractivity contribution in [2.75, 3.05) is 25.9 Å². The van der Waals surface area contributed by atoms with E-state index in [1.165, 1.54) is 18.6 Å². The highest BCUT2D eigenvalue weighted by Gasteiger charge is 2.15. The van der Waals surface area contributed by atoms with Crippen molar-refractivity contribution in [2.45, 2.75) is 24.6 Å². The van der Waals surface area contributed by atoms with Crippen LogP contribution in [0.3, 0.4) is 0 Å². The zero-order chi connectivity index (χ0) is 12.6. The average molecular weight is 396 g/mol. The first-order valence-corrected chi connectivity index (χ1v) is 7.32. The van der Waals surface area contributed by atoms with E-state index in [0.717, 1.165) is 30.8 Å². The van der Waals surface area contributed by atoms with Crippen LogP contribution in [-0.2, 0) is 6.54 Å². The Morgan fingerprint density at radius 3 is 3.05 bits per heavy atom. The maximum absolute atomic E-state index is 4.21. The number of hydrogen-bond donors (Lipinski definition) is 2. The number of aromatic nitrogens is 3. The monoisotopic (exact) mass is 396 g/mol. The van der Waals surface area contributed by atoms with Gasteiger partial charge >= 0.3 is 0 Å². The molecule has 1 saturated heterocycles. The van der Waals surface area contributed by atoms with Crippen LogP contribution in [0.2, 0.25) is 0 Å². The zero-order valence-corrected chi connectivity index (χ0v) is 14.2. The van der Waals surface area contributed by atoms with Gasteiger partial charge in [0.15, 0.2) is 5.96 Å². The molecule has 1 aromatic rings. The molecule has 8 heteroatoms. The third-order valence-corrected chi connectivity index (χ3v) is 4.24. The maximum Gasteiger partial charge on any atom is 0.191 e. The number of nitrogens with zero attached hydrogens (tertiary/aromatic N) is 4. The smallest absolute Gasteiger partial charge is 0.191 e. The highest BCUT2D eigenvalue weighted by molar-refractivity contribution is 14.0. The number of halogens is 1. The minimum Gasteiger partial charge on any atom is -0.355 e. The van der Waals surface area contributed by atoms with Crippen molar-refractivity contribution in [3.05, 3.63) is 12.7 Å². The first-order valence-electron chi connectivity index (χ1n) is 6.27. The molecule has 0 amide bonds. The summed E-state index contributed by atoms with van der Waals surface area (Å²) in [5.74, 6) is 2.16. The van der Waals surface area contributed by atoms with E-state index >= 15 is 0 Å². The molecule has 2 heterocycles. The highest BCUT2D eigenvalue weighted by atomic mass is 127. The Hall–Kier alpha value is -0.510. The van der Waals surface area contributed by atoms with Crippen LogP contribution in [0.15, 0.2) is 17.6 Å². The quantitative estimate of drug-likeness (QED) is 0.441. The van der Waals surface area contributed by atoms with Gasteiger partial charge < -0.3 is 10.6 Å². The van der Waals surface area contributed by atoms with Gasteiger partial charge in [0.25, 0.3) is 0 Å². The molecule has 0 aromatic carbocycles. The second-order valence-corrected chi connectivity index (χ2v) is 5.58. The SMILES string of the molecule is CN=C(NCCn1cncn1)NCC1CCCS1.I. The topological polar surface area (TPSA) is 67.1 Å². The lowest BCUT2D eigenvalue weighted by Gasteiger charge is -2.14. The van der Waals surface area contributed by atoms with Gasteiger partial charge in [-0.25, -0.2) is 4.98 Å². The van der Waals surface area contributed by atoms with Crippen LogP contribution in [0.4, 0.5) is 0 Å². The third-order valence-electron chi connectivity index (χ3n) is 2.84. The summed E-state index contributed by atoms with van der Waals surface area (Å²) in [6, 6.07) is 0. The van der Waals surface area contributed by atoms with Gasteiger partial charge in [-0.3, -0.25) is 9.67 Å². The number of thioether (sulfide) groups is 1.